The molecule has 12 aromatic carbocycles. The molecule has 0 N–H and O–H groups in total. The lowest BCUT2D eigenvalue weighted by Crippen LogP contribution is -2.30. The van der Waals surface area contributed by atoms with E-state index in [0.717, 1.165) is 0 Å². The Bertz CT molecular complexity index is 3490. The number of hydrogen-bond donors (Lipinski definition) is 0. The molecule has 0 saturated heterocycles. The van der Waals surface area contributed by atoms with Gasteiger partial charge in [0.2, 0.25) is 0 Å². The Kier molecular flexibility index (Phi) is 11.9. The molecule has 0 spiro atoms. The first-order valence-corrected chi connectivity index (χ1v) is 26.2. The predicted molar refractivity (Wildman–Crippen MR) is 312 cm³/mol. The molecule has 0 saturated carbocycles. The van der Waals surface area contributed by atoms with Gasteiger partial charge in [0.15, 0.2) is 0 Å². The zero-order valence-electron chi connectivity index (χ0n) is 41.7. The van der Waals surface area contributed by atoms with Gasteiger partial charge in [0, 0.05) is 5.92 Å². The molecule has 1 aliphatic rings. The summed E-state index contributed by atoms with van der Waals surface area (Å²) in [6.45, 7) is 0. The van der Waals surface area contributed by atoms with Crippen molar-refractivity contribution < 1.29 is 0 Å². The summed E-state index contributed by atoms with van der Waals surface area (Å²) < 4.78 is 0. The lowest BCUT2D eigenvalue weighted by atomic mass is 9.65. The minimum absolute atomic E-state index is 0.0436. The molecule has 75 heavy (non-hydrogen) atoms. The molecular formula is C75H54. The Labute approximate surface area is 441 Å². The van der Waals surface area contributed by atoms with Crippen molar-refractivity contribution in [3.8, 4) is 44.5 Å². The van der Waals surface area contributed by atoms with E-state index in [1.165, 1.54) is 106 Å². The summed E-state index contributed by atoms with van der Waals surface area (Å²) in [5, 5.41) is 0. The smallest absolute Gasteiger partial charge is 0.0622 e. The molecule has 0 nitrogen and oxygen atoms in total. The lowest BCUT2D eigenvalue weighted by molar-refractivity contribution is 0.745. The Morgan fingerprint density at radius 1 is 0.187 bits per heavy atom. The van der Waals surface area contributed by atoms with Crippen LogP contribution in [-0.4, -0.2) is 0 Å². The summed E-state index contributed by atoms with van der Waals surface area (Å²) in [5.74, 6) is 0.0436. The van der Waals surface area contributed by atoms with Crippen molar-refractivity contribution in [1.29, 1.82) is 0 Å². The summed E-state index contributed by atoms with van der Waals surface area (Å²) in [4.78, 5) is 0. The summed E-state index contributed by atoms with van der Waals surface area (Å²) in [6.07, 6.45) is 0. The van der Waals surface area contributed by atoms with Crippen molar-refractivity contribution in [3.05, 3.63) is 383 Å². The molecule has 354 valence electrons. The van der Waals surface area contributed by atoms with Crippen LogP contribution < -0.4 is 0 Å². The molecule has 0 fully saturated rings. The summed E-state index contributed by atoms with van der Waals surface area (Å²) in [6, 6.07) is 119. The van der Waals surface area contributed by atoms with E-state index in [1.54, 1.807) is 0 Å². The highest BCUT2D eigenvalue weighted by molar-refractivity contribution is 5.86. The summed E-state index contributed by atoms with van der Waals surface area (Å²) >= 11 is 0. The third-order valence-electron chi connectivity index (χ3n) is 15.9. The monoisotopic (exact) mass is 954 g/mol. The second-order valence-electron chi connectivity index (χ2n) is 19.9. The fourth-order valence-corrected chi connectivity index (χ4v) is 12.5. The highest BCUT2D eigenvalue weighted by Gasteiger charge is 2.40. The highest BCUT2D eigenvalue weighted by atomic mass is 14.4. The van der Waals surface area contributed by atoms with Crippen LogP contribution in [0.5, 0.6) is 0 Å². The first-order valence-electron chi connectivity index (χ1n) is 26.2. The minimum Gasteiger partial charge on any atom is -0.0622 e. The first-order chi connectivity index (χ1) is 37.2. The van der Waals surface area contributed by atoms with Gasteiger partial charge in [0.25, 0.3) is 0 Å². The van der Waals surface area contributed by atoms with E-state index in [9.17, 15) is 0 Å². The van der Waals surface area contributed by atoms with Gasteiger partial charge in [-0.25, -0.2) is 0 Å². The van der Waals surface area contributed by atoms with Crippen LogP contribution >= 0.6 is 0 Å². The SMILES string of the molecule is c1ccc(-c2ccc3c(c2)-c2ccccc2C3c2cc(-c3ccc(C(c4ccccc4)(c4ccccc4)c4ccccc4)cc3)cc(-c3ccc(C(c4ccccc4)(c4ccccc4)c4ccccc4)cc3)c2)cc1. The topological polar surface area (TPSA) is 0 Å². The molecule has 0 aromatic heterocycles. The third kappa shape index (κ3) is 7.95. The molecule has 0 amide bonds. The van der Waals surface area contributed by atoms with Gasteiger partial charge in [0.1, 0.15) is 0 Å². The maximum absolute atomic E-state index is 2.46. The minimum atomic E-state index is -0.540. The molecule has 13 rings (SSSR count). The van der Waals surface area contributed by atoms with E-state index >= 15 is 0 Å². The highest BCUT2D eigenvalue weighted by Crippen LogP contribution is 2.52. The molecule has 1 aliphatic carbocycles. The third-order valence-corrected chi connectivity index (χ3v) is 15.9. The van der Waals surface area contributed by atoms with Crippen LogP contribution in [0.4, 0.5) is 0 Å². The summed E-state index contributed by atoms with van der Waals surface area (Å²) in [7, 11) is 0. The van der Waals surface area contributed by atoms with Crippen LogP contribution in [0.25, 0.3) is 44.5 Å². The Morgan fingerprint density at radius 2 is 0.480 bits per heavy atom. The van der Waals surface area contributed by atoms with Crippen LogP contribution in [0.15, 0.2) is 322 Å². The normalized spacial score (nSPS) is 12.9. The molecule has 12 aromatic rings. The molecular weight excluding hydrogens is 901 g/mol. The van der Waals surface area contributed by atoms with Gasteiger partial charge in [-0.05, 0) is 118 Å². The molecule has 1 atom stereocenters. The van der Waals surface area contributed by atoms with Gasteiger partial charge in [-0.1, -0.05) is 309 Å². The number of benzene rings is 12. The van der Waals surface area contributed by atoms with Gasteiger partial charge < -0.3 is 0 Å². The van der Waals surface area contributed by atoms with Crippen molar-refractivity contribution in [1.82, 2.24) is 0 Å². The zero-order chi connectivity index (χ0) is 50.0. The van der Waals surface area contributed by atoms with Crippen LogP contribution in [0.1, 0.15) is 67.1 Å². The van der Waals surface area contributed by atoms with Gasteiger partial charge in [-0.2, -0.15) is 0 Å². The quantitative estimate of drug-likeness (QED) is 0.107. The van der Waals surface area contributed by atoms with E-state index in [2.05, 4.69) is 322 Å². The Hall–Kier alpha value is -9.36. The van der Waals surface area contributed by atoms with Gasteiger partial charge in [0.05, 0.1) is 10.8 Å². The summed E-state index contributed by atoms with van der Waals surface area (Å²) in [5.41, 5.74) is 22.4. The molecule has 0 bridgehead atoms. The lowest BCUT2D eigenvalue weighted by Gasteiger charge is -2.37. The van der Waals surface area contributed by atoms with Gasteiger partial charge >= 0.3 is 0 Å². The first kappa shape index (κ1) is 45.5. The fourth-order valence-electron chi connectivity index (χ4n) is 12.5. The Balaban J connectivity index is 0.995. The maximum Gasteiger partial charge on any atom is 0.0701 e. The van der Waals surface area contributed by atoms with Crippen LogP contribution in [-0.2, 0) is 10.8 Å². The average molecular weight is 955 g/mol. The van der Waals surface area contributed by atoms with Crippen molar-refractivity contribution in [3.63, 3.8) is 0 Å². The molecule has 0 heteroatoms. The van der Waals surface area contributed by atoms with E-state index in [-0.39, 0.29) is 5.92 Å². The molecule has 0 heterocycles. The van der Waals surface area contributed by atoms with E-state index < -0.39 is 10.8 Å². The van der Waals surface area contributed by atoms with Crippen LogP contribution in [0, 0.1) is 0 Å². The van der Waals surface area contributed by atoms with E-state index in [1.807, 2.05) is 0 Å². The van der Waals surface area contributed by atoms with E-state index in [0.29, 0.717) is 0 Å². The molecule has 1 unspecified atom stereocenters. The number of rotatable bonds is 12. The van der Waals surface area contributed by atoms with Crippen molar-refractivity contribution >= 4 is 0 Å². The molecule has 0 aliphatic heterocycles. The predicted octanol–water partition coefficient (Wildman–Crippen LogP) is 18.6. The Morgan fingerprint density at radius 3 is 0.867 bits per heavy atom. The van der Waals surface area contributed by atoms with Crippen LogP contribution in [0.3, 0.4) is 0 Å². The fraction of sp³-hybridized carbons (Fsp3) is 0.0400. The largest absolute Gasteiger partial charge is 0.0701 e. The average Bonchev–Trinajstić information content (AvgIpc) is 3.84. The maximum atomic E-state index is 2.46. The van der Waals surface area contributed by atoms with Crippen LogP contribution in [0.2, 0.25) is 0 Å². The second-order valence-corrected chi connectivity index (χ2v) is 19.9. The zero-order valence-corrected chi connectivity index (χ0v) is 41.7. The van der Waals surface area contributed by atoms with Gasteiger partial charge in [-0.15, -0.1) is 0 Å². The van der Waals surface area contributed by atoms with Crippen molar-refractivity contribution in [2.24, 2.45) is 0 Å². The standard InChI is InChI=1S/C75H54/c1-8-24-54(25-9-1)57-44-49-71-72(53-57)69-38-22-23-39-70(69)73(71)60-51-58(55-40-45-67(46-41-55)74(61-26-10-2-11-27-61,62-28-12-3-13-29-62)63-30-14-4-15-31-63)50-59(52-60)56-42-47-68(48-43-56)75(64-32-16-5-17-33-64,65-34-18-6-19-35-65)66-36-20-7-21-37-66/h1-53,73H. The van der Waals surface area contributed by atoms with Gasteiger partial charge in [-0.3, -0.25) is 0 Å². The molecule has 0 radical (unpaired) electrons. The van der Waals surface area contributed by atoms with E-state index in [4.69, 9.17) is 0 Å². The number of fused-ring (bicyclic) bond motifs is 3. The van der Waals surface area contributed by atoms with Crippen molar-refractivity contribution in [2.45, 2.75) is 16.7 Å². The number of hydrogen-bond acceptors (Lipinski definition) is 0. The second kappa shape index (κ2) is 19.6. The van der Waals surface area contributed by atoms with Crippen molar-refractivity contribution in [2.75, 3.05) is 0 Å².